The van der Waals surface area contributed by atoms with Crippen LogP contribution in [0.15, 0.2) is 83.6 Å². The van der Waals surface area contributed by atoms with E-state index in [0.29, 0.717) is 24.2 Å². The smallest absolute Gasteiger partial charge is 0.219 e. The van der Waals surface area contributed by atoms with Crippen molar-refractivity contribution in [2.24, 2.45) is 0 Å². The number of aromatic nitrogens is 3. The summed E-state index contributed by atoms with van der Waals surface area (Å²) in [5.74, 6) is 0.855. The van der Waals surface area contributed by atoms with E-state index in [-0.39, 0.29) is 38.6 Å². The molecule has 5 rings (SSSR count). The number of rotatable bonds is 5. The molecule has 0 spiro atoms. The largest absolute Gasteiger partial charge is 0.493 e. The molecule has 0 aliphatic rings. The van der Waals surface area contributed by atoms with Gasteiger partial charge in [-0.05, 0) is 17.7 Å². The Morgan fingerprint density at radius 2 is 1.80 bits per heavy atom. The maximum Gasteiger partial charge on any atom is 0.219 e. The van der Waals surface area contributed by atoms with Gasteiger partial charge in [-0.15, -0.1) is 5.56 Å². The van der Waals surface area contributed by atoms with Crippen molar-refractivity contribution in [3.63, 3.8) is 0 Å². The number of fused-ring (bicyclic) bond motifs is 1. The van der Waals surface area contributed by atoms with Gasteiger partial charge in [0.1, 0.15) is 11.5 Å². The molecule has 3 aromatic heterocycles. The second-order valence-electron chi connectivity index (χ2n) is 6.86. The SMILES string of the molecule is Oc1c(Cc2ccco2)nc2c(Cc3ccccc3)nc(-c3c[c-]ccc3)cn12.[Y]. The van der Waals surface area contributed by atoms with Gasteiger partial charge in [0.05, 0.1) is 18.4 Å². The average Bonchev–Trinajstić information content (AvgIpc) is 3.38. The van der Waals surface area contributed by atoms with Crippen LogP contribution in [0.5, 0.6) is 5.88 Å². The molecule has 1 N–H and O–H groups in total. The van der Waals surface area contributed by atoms with Crippen LogP contribution in [-0.4, -0.2) is 19.5 Å². The van der Waals surface area contributed by atoms with E-state index in [1.807, 2.05) is 60.8 Å². The molecular weight excluding hydrogens is 451 g/mol. The summed E-state index contributed by atoms with van der Waals surface area (Å²) >= 11 is 0. The number of nitrogens with zero attached hydrogens (tertiary/aromatic N) is 3. The standard InChI is InChI=1S/C24H18N3O2.Y/c28-24-21(15-19-12-7-13-29-19)26-23-20(14-17-8-3-1-4-9-17)25-22(16-27(23)24)18-10-5-2-6-11-18;/h1-5,7-13,16,28H,14-15H2;/q-1;. The minimum atomic E-state index is 0. The summed E-state index contributed by atoms with van der Waals surface area (Å²) < 4.78 is 7.14. The van der Waals surface area contributed by atoms with Crippen molar-refractivity contribution in [2.45, 2.75) is 12.8 Å². The van der Waals surface area contributed by atoms with Crippen molar-refractivity contribution >= 4 is 5.65 Å². The molecule has 0 saturated heterocycles. The predicted octanol–water partition coefficient (Wildman–Crippen LogP) is 4.67. The number of furan rings is 1. The van der Waals surface area contributed by atoms with Crippen molar-refractivity contribution in [2.75, 3.05) is 0 Å². The summed E-state index contributed by atoms with van der Waals surface area (Å²) in [4.78, 5) is 9.58. The van der Waals surface area contributed by atoms with Crippen molar-refractivity contribution in [1.29, 1.82) is 0 Å². The quantitative estimate of drug-likeness (QED) is 0.380. The van der Waals surface area contributed by atoms with E-state index in [4.69, 9.17) is 14.4 Å². The number of hydrogen-bond acceptors (Lipinski definition) is 4. The van der Waals surface area contributed by atoms with Gasteiger partial charge in [-0.1, -0.05) is 30.3 Å². The van der Waals surface area contributed by atoms with Gasteiger partial charge >= 0.3 is 0 Å². The summed E-state index contributed by atoms with van der Waals surface area (Å²) in [5.41, 5.74) is 4.85. The van der Waals surface area contributed by atoms with E-state index < -0.39 is 0 Å². The van der Waals surface area contributed by atoms with Gasteiger partial charge in [-0.25, -0.2) is 4.98 Å². The van der Waals surface area contributed by atoms with Crippen LogP contribution in [0, 0.1) is 6.07 Å². The molecule has 0 aliphatic heterocycles. The predicted molar refractivity (Wildman–Crippen MR) is 110 cm³/mol. The zero-order valence-corrected chi connectivity index (χ0v) is 19.0. The Kier molecular flexibility index (Phi) is 6.12. The van der Waals surface area contributed by atoms with Crippen LogP contribution in [0.2, 0.25) is 0 Å². The molecule has 6 heteroatoms. The molecule has 0 bridgehead atoms. The summed E-state index contributed by atoms with van der Waals surface area (Å²) in [7, 11) is 0. The van der Waals surface area contributed by atoms with Crippen LogP contribution in [-0.2, 0) is 45.6 Å². The molecule has 3 heterocycles. The van der Waals surface area contributed by atoms with E-state index in [2.05, 4.69) is 18.2 Å². The fraction of sp³-hybridized carbons (Fsp3) is 0.0833. The molecule has 0 saturated carbocycles. The van der Waals surface area contributed by atoms with Gasteiger partial charge in [0.2, 0.25) is 5.88 Å². The Labute approximate surface area is 199 Å². The summed E-state index contributed by atoms with van der Waals surface area (Å²) in [6.07, 6.45) is 4.47. The van der Waals surface area contributed by atoms with Gasteiger partial charge in [-0.3, -0.25) is 9.38 Å². The first-order chi connectivity index (χ1) is 14.3. The van der Waals surface area contributed by atoms with Gasteiger partial charge in [-0.2, -0.15) is 30.3 Å². The van der Waals surface area contributed by atoms with Crippen LogP contribution >= 0.6 is 0 Å². The number of aromatic hydroxyl groups is 1. The minimum Gasteiger partial charge on any atom is -0.493 e. The summed E-state index contributed by atoms with van der Waals surface area (Å²) in [5, 5.41) is 10.9. The maximum absolute atomic E-state index is 10.9. The number of imidazole rings is 1. The van der Waals surface area contributed by atoms with Gasteiger partial charge < -0.3 is 9.52 Å². The molecule has 5 nitrogen and oxygen atoms in total. The maximum atomic E-state index is 10.9. The van der Waals surface area contributed by atoms with Crippen molar-refractivity contribution in [1.82, 2.24) is 14.4 Å². The van der Waals surface area contributed by atoms with Crippen LogP contribution < -0.4 is 0 Å². The first kappa shape index (κ1) is 20.5. The second-order valence-corrected chi connectivity index (χ2v) is 6.86. The van der Waals surface area contributed by atoms with E-state index in [0.717, 1.165) is 28.3 Å². The Morgan fingerprint density at radius 1 is 0.933 bits per heavy atom. The number of benzene rings is 2. The molecule has 0 unspecified atom stereocenters. The minimum absolute atomic E-state index is 0. The Bertz CT molecular complexity index is 1250. The molecule has 145 valence electrons. The molecule has 30 heavy (non-hydrogen) atoms. The molecule has 0 aliphatic carbocycles. The molecule has 0 amide bonds. The molecule has 0 atom stereocenters. The molecule has 2 aromatic carbocycles. The van der Waals surface area contributed by atoms with E-state index in [1.165, 1.54) is 0 Å². The third-order valence-corrected chi connectivity index (χ3v) is 4.86. The molecule has 5 aromatic rings. The Balaban J connectivity index is 0.00000218. The third-order valence-electron chi connectivity index (χ3n) is 4.86. The van der Waals surface area contributed by atoms with Gasteiger partial charge in [0, 0.05) is 51.0 Å². The van der Waals surface area contributed by atoms with E-state index >= 15 is 0 Å². The zero-order valence-electron chi connectivity index (χ0n) is 16.2. The fourth-order valence-electron chi connectivity index (χ4n) is 3.44. The zero-order chi connectivity index (χ0) is 19.6. The Morgan fingerprint density at radius 3 is 2.53 bits per heavy atom. The van der Waals surface area contributed by atoms with Crippen molar-refractivity contribution < 1.29 is 42.2 Å². The van der Waals surface area contributed by atoms with E-state index in [1.54, 1.807) is 10.7 Å². The molecule has 1 radical (unpaired) electrons. The van der Waals surface area contributed by atoms with Crippen LogP contribution in [0.25, 0.3) is 16.9 Å². The third kappa shape index (κ3) is 4.09. The van der Waals surface area contributed by atoms with E-state index in [9.17, 15) is 5.11 Å². The second kappa shape index (κ2) is 8.94. The first-order valence-electron chi connectivity index (χ1n) is 9.40. The first-order valence-corrected chi connectivity index (χ1v) is 9.40. The van der Waals surface area contributed by atoms with Crippen LogP contribution in [0.1, 0.15) is 22.7 Å². The van der Waals surface area contributed by atoms with Crippen LogP contribution in [0.4, 0.5) is 0 Å². The van der Waals surface area contributed by atoms with Crippen molar-refractivity contribution in [3.8, 4) is 17.1 Å². The fourth-order valence-corrected chi connectivity index (χ4v) is 3.44. The van der Waals surface area contributed by atoms with Gasteiger partial charge in [0.25, 0.3) is 0 Å². The normalized spacial score (nSPS) is 10.8. The Hall–Kier alpha value is -2.76. The van der Waals surface area contributed by atoms with Gasteiger partial charge in [0.15, 0.2) is 5.65 Å². The monoisotopic (exact) mass is 469 g/mol. The number of hydrogen-bond donors (Lipinski definition) is 1. The van der Waals surface area contributed by atoms with Crippen molar-refractivity contribution in [3.05, 3.63) is 108 Å². The average molecular weight is 469 g/mol. The van der Waals surface area contributed by atoms with Crippen LogP contribution in [0.3, 0.4) is 0 Å². The molecule has 0 fully saturated rings. The topological polar surface area (TPSA) is 63.6 Å². The molecular formula is C24H18N3O2Y-. The summed E-state index contributed by atoms with van der Waals surface area (Å²) in [6.45, 7) is 0. The summed E-state index contributed by atoms with van der Waals surface area (Å²) in [6, 6.07) is 24.6.